The number of anilines is 1. The summed E-state index contributed by atoms with van der Waals surface area (Å²) in [4.78, 5) is 2.03. The lowest BCUT2D eigenvalue weighted by Gasteiger charge is -2.23. The van der Waals surface area contributed by atoms with Crippen molar-refractivity contribution in [2.24, 2.45) is 5.73 Å². The van der Waals surface area contributed by atoms with Crippen LogP contribution in [0.1, 0.15) is 11.1 Å². The smallest absolute Gasteiger partial charge is 0.124 e. The Balaban J connectivity index is 2.34. The topological polar surface area (TPSA) is 53.1 Å². The summed E-state index contributed by atoms with van der Waals surface area (Å²) >= 11 is 9.64. The number of nitrogens with one attached hydrogen (secondary N) is 1. The molecular weight excluding hydrogens is 338 g/mol. The molecule has 0 saturated carbocycles. The number of rotatable bonds is 4. The van der Waals surface area contributed by atoms with Gasteiger partial charge in [-0.05, 0) is 29.8 Å². The van der Waals surface area contributed by atoms with E-state index in [4.69, 9.17) is 22.7 Å². The number of nitrogens with two attached hydrogens (primary N) is 1. The fraction of sp³-hybridized carbons (Fsp3) is 0.133. The van der Waals surface area contributed by atoms with E-state index in [2.05, 4.69) is 15.9 Å². The molecule has 0 aliphatic heterocycles. The van der Waals surface area contributed by atoms with Gasteiger partial charge in [-0.25, -0.2) is 0 Å². The van der Waals surface area contributed by atoms with Gasteiger partial charge in [-0.1, -0.05) is 45.7 Å². The minimum atomic E-state index is 0.0542. The predicted molar refractivity (Wildman–Crippen MR) is 88.7 cm³/mol. The monoisotopic (exact) mass is 351 g/mol. The molecular formula is C15H15BrClN3. The maximum Gasteiger partial charge on any atom is 0.124 e. The summed E-state index contributed by atoms with van der Waals surface area (Å²) in [7, 11) is 1.96. The van der Waals surface area contributed by atoms with E-state index in [0.717, 1.165) is 20.7 Å². The van der Waals surface area contributed by atoms with E-state index < -0.39 is 0 Å². The number of halogens is 2. The SMILES string of the molecule is CN(Cc1ccccc1Cl)c1cc(Br)ccc1C(=N)N. The molecule has 0 amide bonds. The summed E-state index contributed by atoms with van der Waals surface area (Å²) in [5.74, 6) is 0.0542. The van der Waals surface area contributed by atoms with Gasteiger partial charge in [-0.3, -0.25) is 5.41 Å². The first-order valence-electron chi connectivity index (χ1n) is 6.07. The summed E-state index contributed by atoms with van der Waals surface area (Å²) in [6.07, 6.45) is 0. The van der Waals surface area contributed by atoms with E-state index in [-0.39, 0.29) is 5.84 Å². The van der Waals surface area contributed by atoms with Crippen LogP contribution in [0.2, 0.25) is 5.02 Å². The third-order valence-corrected chi connectivity index (χ3v) is 3.89. The van der Waals surface area contributed by atoms with Crippen LogP contribution in [0, 0.1) is 5.41 Å². The van der Waals surface area contributed by atoms with Crippen LogP contribution in [0.3, 0.4) is 0 Å². The van der Waals surface area contributed by atoms with Crippen molar-refractivity contribution in [1.82, 2.24) is 0 Å². The quantitative estimate of drug-likeness (QED) is 0.645. The molecule has 0 saturated heterocycles. The lowest BCUT2D eigenvalue weighted by molar-refractivity contribution is 0.921. The second-order valence-electron chi connectivity index (χ2n) is 4.52. The summed E-state index contributed by atoms with van der Waals surface area (Å²) in [5.41, 5.74) is 8.28. The average Bonchev–Trinajstić information content (AvgIpc) is 2.40. The van der Waals surface area contributed by atoms with Gasteiger partial charge in [0.25, 0.3) is 0 Å². The number of hydrogen-bond acceptors (Lipinski definition) is 2. The first-order valence-corrected chi connectivity index (χ1v) is 7.24. The van der Waals surface area contributed by atoms with Crippen molar-refractivity contribution in [3.8, 4) is 0 Å². The molecule has 0 heterocycles. The standard InChI is InChI=1S/C15H15BrClN3/c1-20(9-10-4-2-3-5-13(10)17)14-8-11(16)6-7-12(14)15(18)19/h2-8H,9H2,1H3,(H3,18,19). The highest BCUT2D eigenvalue weighted by Gasteiger charge is 2.12. The Morgan fingerprint density at radius 3 is 2.65 bits per heavy atom. The molecule has 0 fully saturated rings. The van der Waals surface area contributed by atoms with Gasteiger partial charge in [0.1, 0.15) is 5.84 Å². The zero-order valence-corrected chi connectivity index (χ0v) is 13.4. The second-order valence-corrected chi connectivity index (χ2v) is 5.85. The van der Waals surface area contributed by atoms with Crippen molar-refractivity contribution >= 4 is 39.1 Å². The largest absolute Gasteiger partial charge is 0.384 e. The molecule has 2 aromatic rings. The number of nitrogen functional groups attached to an aromatic ring is 1. The van der Waals surface area contributed by atoms with Crippen LogP contribution in [0.15, 0.2) is 46.9 Å². The highest BCUT2D eigenvalue weighted by molar-refractivity contribution is 9.10. The molecule has 104 valence electrons. The van der Waals surface area contributed by atoms with Gasteiger partial charge >= 0.3 is 0 Å². The molecule has 0 aromatic heterocycles. The van der Waals surface area contributed by atoms with E-state index >= 15 is 0 Å². The molecule has 5 heteroatoms. The normalized spacial score (nSPS) is 10.3. The molecule has 2 aromatic carbocycles. The zero-order valence-electron chi connectivity index (χ0n) is 11.0. The van der Waals surface area contributed by atoms with Crippen LogP contribution in [0.25, 0.3) is 0 Å². The molecule has 0 unspecified atom stereocenters. The van der Waals surface area contributed by atoms with E-state index in [1.54, 1.807) is 0 Å². The average molecular weight is 353 g/mol. The van der Waals surface area contributed by atoms with Gasteiger partial charge in [-0.2, -0.15) is 0 Å². The third kappa shape index (κ3) is 3.32. The van der Waals surface area contributed by atoms with Crippen molar-refractivity contribution in [3.63, 3.8) is 0 Å². The summed E-state index contributed by atoms with van der Waals surface area (Å²) < 4.78 is 0.948. The van der Waals surface area contributed by atoms with Gasteiger partial charge < -0.3 is 10.6 Å². The van der Waals surface area contributed by atoms with Crippen molar-refractivity contribution < 1.29 is 0 Å². The Morgan fingerprint density at radius 1 is 1.30 bits per heavy atom. The molecule has 0 radical (unpaired) electrons. The van der Waals surface area contributed by atoms with Crippen molar-refractivity contribution in [1.29, 1.82) is 5.41 Å². The molecule has 0 bridgehead atoms. The minimum absolute atomic E-state index is 0.0542. The summed E-state index contributed by atoms with van der Waals surface area (Å²) in [6.45, 7) is 0.649. The van der Waals surface area contributed by atoms with Crippen molar-refractivity contribution in [2.75, 3.05) is 11.9 Å². The van der Waals surface area contributed by atoms with Crippen LogP contribution < -0.4 is 10.6 Å². The summed E-state index contributed by atoms with van der Waals surface area (Å²) in [5, 5.41) is 8.41. The van der Waals surface area contributed by atoms with Crippen LogP contribution in [0.4, 0.5) is 5.69 Å². The zero-order chi connectivity index (χ0) is 14.7. The summed E-state index contributed by atoms with van der Waals surface area (Å²) in [6, 6.07) is 13.4. The first-order chi connectivity index (χ1) is 9.49. The second kappa shape index (κ2) is 6.29. The van der Waals surface area contributed by atoms with Crippen LogP contribution in [-0.4, -0.2) is 12.9 Å². The molecule has 0 aliphatic rings. The van der Waals surface area contributed by atoms with Crippen LogP contribution in [-0.2, 0) is 6.54 Å². The molecule has 0 aliphatic carbocycles. The predicted octanol–water partition coefficient (Wildman–Crippen LogP) is 4.02. The molecule has 3 N–H and O–H groups in total. The van der Waals surface area contributed by atoms with Crippen LogP contribution in [0.5, 0.6) is 0 Å². The fourth-order valence-corrected chi connectivity index (χ4v) is 2.56. The number of hydrogen-bond donors (Lipinski definition) is 2. The Bertz CT molecular complexity index is 643. The Morgan fingerprint density at radius 2 is 2.00 bits per heavy atom. The molecule has 20 heavy (non-hydrogen) atoms. The van der Waals surface area contributed by atoms with Gasteiger partial charge in [0.05, 0.1) is 0 Å². The lowest BCUT2D eigenvalue weighted by Crippen LogP contribution is -2.22. The van der Waals surface area contributed by atoms with Gasteiger partial charge in [0, 0.05) is 34.3 Å². The highest BCUT2D eigenvalue weighted by Crippen LogP contribution is 2.26. The van der Waals surface area contributed by atoms with Crippen molar-refractivity contribution in [3.05, 3.63) is 63.1 Å². The number of nitrogens with zero attached hydrogens (tertiary/aromatic N) is 1. The van der Waals surface area contributed by atoms with E-state index in [0.29, 0.717) is 12.1 Å². The Kier molecular flexibility index (Phi) is 4.68. The van der Waals surface area contributed by atoms with E-state index in [1.165, 1.54) is 0 Å². The Hall–Kier alpha value is -1.52. The molecule has 0 atom stereocenters. The molecule has 2 rings (SSSR count). The van der Waals surface area contributed by atoms with E-state index in [9.17, 15) is 0 Å². The number of amidine groups is 1. The van der Waals surface area contributed by atoms with Crippen molar-refractivity contribution in [2.45, 2.75) is 6.54 Å². The van der Waals surface area contributed by atoms with Crippen LogP contribution >= 0.6 is 27.5 Å². The molecule has 0 spiro atoms. The maximum atomic E-state index is 7.67. The van der Waals surface area contributed by atoms with E-state index in [1.807, 2.05) is 54.4 Å². The maximum absolute atomic E-state index is 7.67. The fourth-order valence-electron chi connectivity index (χ4n) is 2.02. The lowest BCUT2D eigenvalue weighted by atomic mass is 10.1. The van der Waals surface area contributed by atoms with Gasteiger partial charge in [0.2, 0.25) is 0 Å². The van der Waals surface area contributed by atoms with Gasteiger partial charge in [0.15, 0.2) is 0 Å². The highest BCUT2D eigenvalue weighted by atomic mass is 79.9. The molecule has 3 nitrogen and oxygen atoms in total. The number of benzene rings is 2. The van der Waals surface area contributed by atoms with Gasteiger partial charge in [-0.15, -0.1) is 0 Å². The first kappa shape index (κ1) is 14.9. The Labute approximate surface area is 132 Å². The third-order valence-electron chi connectivity index (χ3n) is 3.03. The minimum Gasteiger partial charge on any atom is -0.384 e.